The molecule has 18 heteroatoms. The molecule has 0 saturated carbocycles. The van der Waals surface area contributed by atoms with Crippen LogP contribution < -0.4 is 32.7 Å². The minimum absolute atomic E-state index is 0.0502. The molecule has 2 heterocycles. The van der Waals surface area contributed by atoms with E-state index in [1.807, 2.05) is 36.4 Å². The van der Waals surface area contributed by atoms with Crippen LogP contribution in [0.15, 0.2) is 48.5 Å². The number of likely N-dealkylation sites (tertiary alicyclic amines) is 2. The van der Waals surface area contributed by atoms with Gasteiger partial charge in [0.1, 0.15) is 49.5 Å². The lowest BCUT2D eigenvalue weighted by atomic mass is 9.85. The van der Waals surface area contributed by atoms with E-state index in [0.29, 0.717) is 0 Å². The van der Waals surface area contributed by atoms with Gasteiger partial charge in [-0.05, 0) is 71.6 Å². The highest BCUT2D eigenvalue weighted by molar-refractivity contribution is 5.95. The Kier molecular flexibility index (Phi) is 18.2. The van der Waals surface area contributed by atoms with E-state index in [0.717, 1.165) is 49.7 Å². The number of amides is 6. The molecule has 0 aromatic heterocycles. The van der Waals surface area contributed by atoms with Crippen LogP contribution in [-0.2, 0) is 51.1 Å². The molecule has 4 aliphatic rings. The summed E-state index contributed by atoms with van der Waals surface area (Å²) in [6.45, 7) is 9.53. The van der Waals surface area contributed by atoms with Crippen LogP contribution in [0.25, 0.3) is 0 Å². The highest BCUT2D eigenvalue weighted by atomic mass is 16.5. The van der Waals surface area contributed by atoms with Gasteiger partial charge in [-0.25, -0.2) is 0 Å². The van der Waals surface area contributed by atoms with E-state index < -0.39 is 96.1 Å². The normalized spacial score (nSPS) is 23.9. The highest BCUT2D eigenvalue weighted by Crippen LogP contribution is 2.34. The maximum absolute atomic E-state index is 14.4. The Balaban J connectivity index is 1.13. The number of nitrogens with zero attached hydrogens (tertiary/aromatic N) is 2. The second-order valence-electron chi connectivity index (χ2n) is 21.2. The molecule has 2 aliphatic heterocycles. The Morgan fingerprint density at radius 3 is 1.37 bits per heavy atom. The van der Waals surface area contributed by atoms with Gasteiger partial charge in [-0.2, -0.15) is 0 Å². The zero-order chi connectivity index (χ0) is 50.9. The fraction of sp³-hybridized carbons (Fsp3) is 0.615. The second-order valence-corrected chi connectivity index (χ2v) is 21.2. The maximum atomic E-state index is 14.4. The van der Waals surface area contributed by atoms with Crippen molar-refractivity contribution in [2.45, 2.75) is 153 Å². The second kappa shape index (κ2) is 23.7. The number of nitrogens with two attached hydrogens (primary N) is 2. The minimum Gasteiger partial charge on any atom is -0.394 e. The molecule has 70 heavy (non-hydrogen) atoms. The smallest absolute Gasteiger partial charge is 0.246 e. The molecule has 6 rings (SSSR count). The third-order valence-electron chi connectivity index (χ3n) is 13.8. The molecule has 0 bridgehead atoms. The van der Waals surface area contributed by atoms with Crippen molar-refractivity contribution in [3.8, 4) is 11.8 Å². The Hall–Kier alpha value is -5.42. The van der Waals surface area contributed by atoms with Gasteiger partial charge in [0.2, 0.25) is 35.4 Å². The number of aliphatic hydroxyl groups is 2. The average molecular weight is 971 g/mol. The van der Waals surface area contributed by atoms with Gasteiger partial charge >= 0.3 is 0 Å². The van der Waals surface area contributed by atoms with Crippen molar-refractivity contribution in [1.29, 1.82) is 0 Å². The summed E-state index contributed by atoms with van der Waals surface area (Å²) in [7, 11) is 0. The van der Waals surface area contributed by atoms with Crippen LogP contribution in [0.3, 0.4) is 0 Å². The molecule has 10 N–H and O–H groups in total. The Morgan fingerprint density at radius 2 is 1.01 bits per heavy atom. The summed E-state index contributed by atoms with van der Waals surface area (Å²) in [6, 6.07) is 9.07. The van der Waals surface area contributed by atoms with Crippen molar-refractivity contribution in [2.75, 3.05) is 39.5 Å². The van der Waals surface area contributed by atoms with Crippen molar-refractivity contribution in [1.82, 2.24) is 31.1 Å². The average Bonchev–Trinajstić information content (AvgIpc) is 3.97. The van der Waals surface area contributed by atoms with Gasteiger partial charge in [0.25, 0.3) is 0 Å². The number of carbonyl (C=O) groups is 6. The van der Waals surface area contributed by atoms with E-state index in [1.165, 1.54) is 20.9 Å². The summed E-state index contributed by atoms with van der Waals surface area (Å²) >= 11 is 0. The number of benzene rings is 2. The van der Waals surface area contributed by atoms with Crippen molar-refractivity contribution < 1.29 is 48.5 Å². The summed E-state index contributed by atoms with van der Waals surface area (Å²) in [4.78, 5) is 86.0. The van der Waals surface area contributed by atoms with Crippen LogP contribution in [0.4, 0.5) is 0 Å². The van der Waals surface area contributed by atoms with Crippen LogP contribution in [0.2, 0.25) is 0 Å². The summed E-state index contributed by atoms with van der Waals surface area (Å²) in [5.41, 5.74) is 14.5. The number of aliphatic hydroxyl groups excluding tert-OH is 2. The monoisotopic (exact) mass is 971 g/mol. The molecule has 0 unspecified atom stereocenters. The molecule has 2 fully saturated rings. The van der Waals surface area contributed by atoms with Gasteiger partial charge in [-0.1, -0.05) is 102 Å². The first-order valence-electron chi connectivity index (χ1n) is 24.6. The fourth-order valence-corrected chi connectivity index (χ4v) is 9.88. The molecule has 0 spiro atoms. The molecular formula is C52H74N8O10. The van der Waals surface area contributed by atoms with Gasteiger partial charge in [0.15, 0.2) is 0 Å². The van der Waals surface area contributed by atoms with Gasteiger partial charge < -0.3 is 62.2 Å². The van der Waals surface area contributed by atoms with E-state index in [1.54, 1.807) is 41.5 Å². The molecule has 6 amide bonds. The number of nitrogens with one attached hydrogen (secondary N) is 4. The van der Waals surface area contributed by atoms with Crippen molar-refractivity contribution >= 4 is 35.4 Å². The molecule has 0 radical (unpaired) electrons. The highest BCUT2D eigenvalue weighted by Gasteiger charge is 2.48. The molecule has 10 atom stereocenters. The van der Waals surface area contributed by atoms with E-state index in [9.17, 15) is 39.0 Å². The molecule has 2 saturated heterocycles. The maximum Gasteiger partial charge on any atom is 0.246 e. The molecular weight excluding hydrogens is 897 g/mol. The zero-order valence-electron chi connectivity index (χ0n) is 41.5. The zero-order valence-corrected chi connectivity index (χ0v) is 41.5. The SMILES string of the molecule is CC(C)(C)[C@H](NC(=O)[C@@H](N)CO)C(=O)N1C[C@@H](OCC#CCO[C@H]2C[C@@H](C(=O)N[C@@H]3CCCc4ccccc43)N(C(=O)[C@@H](NC(=O)[C@@H](N)CO)C(C)(C)C)C2)C[C@H]1C(=O)N[C@@H]1CCCc2ccccc21. The van der Waals surface area contributed by atoms with E-state index in [2.05, 4.69) is 45.2 Å². The van der Waals surface area contributed by atoms with E-state index >= 15 is 0 Å². The van der Waals surface area contributed by atoms with Crippen molar-refractivity contribution in [3.05, 3.63) is 70.8 Å². The summed E-state index contributed by atoms with van der Waals surface area (Å²) < 4.78 is 12.4. The molecule has 2 aromatic rings. The number of ether oxygens (including phenoxy) is 2. The van der Waals surface area contributed by atoms with Gasteiger partial charge in [-0.3, -0.25) is 28.8 Å². The number of fused-ring (bicyclic) bond motifs is 2. The predicted molar refractivity (Wildman–Crippen MR) is 261 cm³/mol. The van der Waals surface area contributed by atoms with Crippen LogP contribution in [0.5, 0.6) is 0 Å². The van der Waals surface area contributed by atoms with Gasteiger partial charge in [0.05, 0.1) is 37.5 Å². The lowest BCUT2D eigenvalue weighted by Gasteiger charge is -2.36. The Labute approximate surface area is 411 Å². The summed E-state index contributed by atoms with van der Waals surface area (Å²) in [5.74, 6) is 2.91. The predicted octanol–water partition coefficient (Wildman–Crippen LogP) is 1.05. The van der Waals surface area contributed by atoms with Crippen LogP contribution in [0.1, 0.15) is 114 Å². The van der Waals surface area contributed by atoms with Crippen LogP contribution >= 0.6 is 0 Å². The quantitative estimate of drug-likeness (QED) is 0.110. The van der Waals surface area contributed by atoms with E-state index in [-0.39, 0.29) is 63.0 Å². The molecule has 382 valence electrons. The fourth-order valence-electron chi connectivity index (χ4n) is 9.88. The van der Waals surface area contributed by atoms with Gasteiger partial charge in [-0.15, -0.1) is 0 Å². The molecule has 2 aromatic carbocycles. The summed E-state index contributed by atoms with van der Waals surface area (Å²) in [6.07, 6.45) is 4.29. The third kappa shape index (κ3) is 13.3. The lowest BCUT2D eigenvalue weighted by molar-refractivity contribution is -0.144. The van der Waals surface area contributed by atoms with Crippen LogP contribution in [-0.4, -0.2) is 143 Å². The standard InChI is InChI=1S/C52H74N8O10/c1-51(2,3)43(57-45(63)37(53)29-61)49(67)59-27-33(25-41(59)47(65)55-39-21-13-17-31-15-7-9-19-35(31)39)69-23-11-12-24-70-34-26-42(48(66)56-40-22-14-18-32-16-8-10-20-36(32)40)60(28-34)50(68)44(52(4,5)6)58-46(64)38(54)30-62/h7-10,15-16,19-20,33-34,37-44,61-62H,13-14,17-18,21-30,53-54H2,1-6H3,(H,55,65)(H,56,66)(H,57,63)(H,58,64)/t33-,34-,37-,38-,39+,40+,41-,42-,43+,44+/m0/s1. The first-order valence-corrected chi connectivity index (χ1v) is 24.6. The number of aryl methyl sites for hydroxylation is 2. The van der Waals surface area contributed by atoms with Crippen molar-refractivity contribution in [2.24, 2.45) is 22.3 Å². The largest absolute Gasteiger partial charge is 0.394 e. The molecule has 2 aliphatic carbocycles. The Bertz CT molecular complexity index is 2110. The number of rotatable bonds is 16. The number of hydrogen-bond donors (Lipinski definition) is 8. The first-order chi connectivity index (χ1) is 33.2. The first kappa shape index (κ1) is 53.9. The minimum atomic E-state index is -1.24. The number of hydrogen-bond acceptors (Lipinski definition) is 12. The van der Waals surface area contributed by atoms with Crippen LogP contribution in [0, 0.1) is 22.7 Å². The van der Waals surface area contributed by atoms with E-state index in [4.69, 9.17) is 20.9 Å². The molecule has 18 nitrogen and oxygen atoms in total. The third-order valence-corrected chi connectivity index (χ3v) is 13.8. The summed E-state index contributed by atoms with van der Waals surface area (Å²) in [5, 5.41) is 30.9. The number of carbonyl (C=O) groups excluding carboxylic acids is 6. The Morgan fingerprint density at radius 1 is 0.643 bits per heavy atom. The lowest BCUT2D eigenvalue weighted by Crippen LogP contribution is -2.60. The topological polar surface area (TPSA) is 268 Å². The van der Waals surface area contributed by atoms with Gasteiger partial charge in [0, 0.05) is 25.9 Å². The van der Waals surface area contributed by atoms with Crippen molar-refractivity contribution in [3.63, 3.8) is 0 Å².